The maximum atomic E-state index is 11.9. The number of carbonyl (C=O) groups is 1. The standard InChI is InChI=1S/C16H16ClN3O/c1-10(2)12-9-19-15(17)8-14(12)20-13-7-5-4-6-11(13)16(21)18-3/h4-9H,1H2,2-3H3,(H,18,21)(H,19,20). The van der Waals surface area contributed by atoms with Gasteiger partial charge in [-0.1, -0.05) is 30.3 Å². The second-order valence-electron chi connectivity index (χ2n) is 4.58. The monoisotopic (exact) mass is 301 g/mol. The van der Waals surface area contributed by atoms with Crippen LogP contribution in [-0.4, -0.2) is 17.9 Å². The van der Waals surface area contributed by atoms with E-state index in [-0.39, 0.29) is 5.91 Å². The van der Waals surface area contributed by atoms with Gasteiger partial charge in [0.25, 0.3) is 5.91 Å². The summed E-state index contributed by atoms with van der Waals surface area (Å²) >= 11 is 5.96. The number of para-hydroxylation sites is 1. The molecule has 108 valence electrons. The Kier molecular flexibility index (Phi) is 4.60. The maximum absolute atomic E-state index is 11.9. The zero-order chi connectivity index (χ0) is 15.4. The minimum absolute atomic E-state index is 0.157. The average Bonchev–Trinajstić information content (AvgIpc) is 2.47. The minimum Gasteiger partial charge on any atom is -0.355 e. The summed E-state index contributed by atoms with van der Waals surface area (Å²) in [6.07, 6.45) is 1.66. The van der Waals surface area contributed by atoms with Gasteiger partial charge in [-0.3, -0.25) is 4.79 Å². The number of amides is 1. The molecule has 5 heteroatoms. The van der Waals surface area contributed by atoms with Crippen molar-refractivity contribution in [2.24, 2.45) is 0 Å². The lowest BCUT2D eigenvalue weighted by molar-refractivity contribution is 0.0964. The van der Waals surface area contributed by atoms with E-state index in [2.05, 4.69) is 22.2 Å². The summed E-state index contributed by atoms with van der Waals surface area (Å²) in [5.41, 5.74) is 3.73. The fourth-order valence-electron chi connectivity index (χ4n) is 1.94. The number of allylic oxidation sites excluding steroid dienone is 1. The van der Waals surface area contributed by atoms with Crippen LogP contribution >= 0.6 is 11.6 Å². The van der Waals surface area contributed by atoms with Crippen molar-refractivity contribution in [1.29, 1.82) is 0 Å². The van der Waals surface area contributed by atoms with E-state index in [0.29, 0.717) is 16.4 Å². The van der Waals surface area contributed by atoms with Crippen molar-refractivity contribution in [2.75, 3.05) is 12.4 Å². The molecule has 1 aromatic carbocycles. The van der Waals surface area contributed by atoms with E-state index in [4.69, 9.17) is 11.6 Å². The van der Waals surface area contributed by atoms with Crippen LogP contribution in [0.4, 0.5) is 11.4 Å². The molecular formula is C16H16ClN3O. The largest absolute Gasteiger partial charge is 0.355 e. The number of anilines is 2. The first-order valence-corrected chi connectivity index (χ1v) is 6.80. The van der Waals surface area contributed by atoms with Crippen LogP contribution in [0.25, 0.3) is 5.57 Å². The Balaban J connectivity index is 2.46. The number of benzene rings is 1. The van der Waals surface area contributed by atoms with Crippen LogP contribution in [0.1, 0.15) is 22.8 Å². The fourth-order valence-corrected chi connectivity index (χ4v) is 2.10. The number of aromatic nitrogens is 1. The zero-order valence-corrected chi connectivity index (χ0v) is 12.7. The summed E-state index contributed by atoms with van der Waals surface area (Å²) < 4.78 is 0. The summed E-state index contributed by atoms with van der Waals surface area (Å²) in [5.74, 6) is -0.157. The highest BCUT2D eigenvalue weighted by Gasteiger charge is 2.12. The Hall–Kier alpha value is -2.33. The van der Waals surface area contributed by atoms with Crippen molar-refractivity contribution in [1.82, 2.24) is 10.3 Å². The lowest BCUT2D eigenvalue weighted by Crippen LogP contribution is -2.19. The topological polar surface area (TPSA) is 54.0 Å². The summed E-state index contributed by atoms with van der Waals surface area (Å²) in [4.78, 5) is 16.0. The number of hydrogen-bond donors (Lipinski definition) is 2. The predicted molar refractivity (Wildman–Crippen MR) is 87.1 cm³/mol. The highest BCUT2D eigenvalue weighted by molar-refractivity contribution is 6.29. The average molecular weight is 302 g/mol. The molecule has 0 aliphatic heterocycles. The van der Waals surface area contributed by atoms with Crippen LogP contribution in [0.3, 0.4) is 0 Å². The molecule has 1 amide bonds. The first kappa shape index (κ1) is 15.1. The molecule has 0 spiro atoms. The quantitative estimate of drug-likeness (QED) is 0.843. The van der Waals surface area contributed by atoms with Gasteiger partial charge in [-0.15, -0.1) is 0 Å². The number of nitrogens with one attached hydrogen (secondary N) is 2. The molecule has 2 aromatic rings. The Bertz CT molecular complexity index is 698. The van der Waals surface area contributed by atoms with Crippen molar-refractivity contribution in [3.05, 3.63) is 59.4 Å². The van der Waals surface area contributed by atoms with Gasteiger partial charge in [0, 0.05) is 18.8 Å². The fraction of sp³-hybridized carbons (Fsp3) is 0.125. The molecular weight excluding hydrogens is 286 g/mol. The summed E-state index contributed by atoms with van der Waals surface area (Å²) in [6, 6.07) is 8.98. The number of pyridine rings is 1. The molecule has 0 fully saturated rings. The Morgan fingerprint density at radius 2 is 1.95 bits per heavy atom. The normalized spacial score (nSPS) is 10.0. The third-order valence-electron chi connectivity index (χ3n) is 3.00. The zero-order valence-electron chi connectivity index (χ0n) is 11.9. The summed E-state index contributed by atoms with van der Waals surface area (Å²) in [5, 5.41) is 6.23. The van der Waals surface area contributed by atoms with Crippen molar-refractivity contribution in [3.63, 3.8) is 0 Å². The number of nitrogens with zero attached hydrogens (tertiary/aromatic N) is 1. The number of carbonyl (C=O) groups excluding carboxylic acids is 1. The third kappa shape index (κ3) is 3.41. The van der Waals surface area contributed by atoms with Gasteiger partial charge in [0.2, 0.25) is 0 Å². The molecule has 0 saturated heterocycles. The molecule has 0 aliphatic rings. The Morgan fingerprint density at radius 1 is 1.24 bits per heavy atom. The van der Waals surface area contributed by atoms with Crippen LogP contribution in [-0.2, 0) is 0 Å². The van der Waals surface area contributed by atoms with Crippen molar-refractivity contribution in [2.45, 2.75) is 6.92 Å². The SMILES string of the molecule is C=C(C)c1cnc(Cl)cc1Nc1ccccc1C(=O)NC. The van der Waals surface area contributed by atoms with E-state index >= 15 is 0 Å². The molecule has 21 heavy (non-hydrogen) atoms. The highest BCUT2D eigenvalue weighted by Crippen LogP contribution is 2.28. The van der Waals surface area contributed by atoms with Gasteiger partial charge < -0.3 is 10.6 Å². The van der Waals surface area contributed by atoms with Gasteiger partial charge in [0.05, 0.1) is 16.9 Å². The molecule has 0 bridgehead atoms. The molecule has 1 heterocycles. The molecule has 0 radical (unpaired) electrons. The van der Waals surface area contributed by atoms with Crippen molar-refractivity contribution >= 4 is 34.5 Å². The van der Waals surface area contributed by atoms with Gasteiger partial charge >= 0.3 is 0 Å². The van der Waals surface area contributed by atoms with Crippen LogP contribution in [0.15, 0.2) is 43.1 Å². The Labute approximate surface area is 128 Å². The number of rotatable bonds is 4. The summed E-state index contributed by atoms with van der Waals surface area (Å²) in [7, 11) is 1.60. The molecule has 0 unspecified atom stereocenters. The second kappa shape index (κ2) is 6.41. The molecule has 0 atom stereocenters. The van der Waals surface area contributed by atoms with Gasteiger partial charge in [-0.2, -0.15) is 0 Å². The smallest absolute Gasteiger partial charge is 0.253 e. The number of hydrogen-bond acceptors (Lipinski definition) is 3. The summed E-state index contributed by atoms with van der Waals surface area (Å²) in [6.45, 7) is 5.82. The van der Waals surface area contributed by atoms with Crippen LogP contribution in [0.5, 0.6) is 0 Å². The number of halogens is 1. The maximum Gasteiger partial charge on any atom is 0.253 e. The van der Waals surface area contributed by atoms with Crippen LogP contribution in [0, 0.1) is 0 Å². The predicted octanol–water partition coefficient (Wildman–Crippen LogP) is 3.87. The van der Waals surface area contributed by atoms with E-state index in [1.165, 1.54) is 0 Å². The van der Waals surface area contributed by atoms with Gasteiger partial charge in [0.1, 0.15) is 5.15 Å². The second-order valence-corrected chi connectivity index (χ2v) is 4.97. The third-order valence-corrected chi connectivity index (χ3v) is 3.21. The van der Waals surface area contributed by atoms with Crippen molar-refractivity contribution in [3.8, 4) is 0 Å². The van der Waals surface area contributed by atoms with E-state index in [1.54, 1.807) is 25.4 Å². The molecule has 4 nitrogen and oxygen atoms in total. The molecule has 2 N–H and O–H groups in total. The lowest BCUT2D eigenvalue weighted by Gasteiger charge is -2.14. The van der Waals surface area contributed by atoms with Crippen LogP contribution < -0.4 is 10.6 Å². The molecule has 0 saturated carbocycles. The highest BCUT2D eigenvalue weighted by atomic mass is 35.5. The Morgan fingerprint density at radius 3 is 2.62 bits per heavy atom. The van der Waals surface area contributed by atoms with Crippen LogP contribution in [0.2, 0.25) is 5.15 Å². The van der Waals surface area contributed by atoms with E-state index in [0.717, 1.165) is 16.8 Å². The van der Waals surface area contributed by atoms with E-state index < -0.39 is 0 Å². The van der Waals surface area contributed by atoms with Crippen molar-refractivity contribution < 1.29 is 4.79 Å². The lowest BCUT2D eigenvalue weighted by atomic mass is 10.1. The first-order valence-electron chi connectivity index (χ1n) is 6.42. The first-order chi connectivity index (χ1) is 10.0. The molecule has 2 rings (SSSR count). The van der Waals surface area contributed by atoms with Gasteiger partial charge in [-0.05, 0) is 30.7 Å². The van der Waals surface area contributed by atoms with E-state index in [1.807, 2.05) is 25.1 Å². The minimum atomic E-state index is -0.157. The molecule has 0 aliphatic carbocycles. The van der Waals surface area contributed by atoms with Gasteiger partial charge in [0.15, 0.2) is 0 Å². The van der Waals surface area contributed by atoms with Gasteiger partial charge in [-0.25, -0.2) is 4.98 Å². The van der Waals surface area contributed by atoms with E-state index in [9.17, 15) is 4.79 Å². The molecule has 1 aromatic heterocycles.